The van der Waals surface area contributed by atoms with Crippen molar-refractivity contribution in [1.29, 1.82) is 0 Å². The Bertz CT molecular complexity index is 1120. The number of nitrogens with one attached hydrogen (secondary N) is 1. The molecule has 31 heavy (non-hydrogen) atoms. The van der Waals surface area contributed by atoms with E-state index in [2.05, 4.69) is 28.6 Å². The quantitative estimate of drug-likeness (QED) is 0.707. The van der Waals surface area contributed by atoms with Crippen LogP contribution in [0.2, 0.25) is 0 Å². The zero-order valence-corrected chi connectivity index (χ0v) is 17.8. The van der Waals surface area contributed by atoms with Crippen molar-refractivity contribution in [2.75, 3.05) is 6.54 Å². The number of aromatic nitrogens is 2. The molecule has 6 heteroatoms. The second-order valence-electron chi connectivity index (χ2n) is 8.59. The number of carbonyl (C=O) groups is 1. The van der Waals surface area contributed by atoms with Gasteiger partial charge in [0.25, 0.3) is 5.91 Å². The van der Waals surface area contributed by atoms with Crippen LogP contribution in [0.25, 0.3) is 0 Å². The third-order valence-electron chi connectivity index (χ3n) is 6.56. The fourth-order valence-corrected chi connectivity index (χ4v) is 4.86. The normalized spacial score (nSPS) is 17.9. The number of benzene rings is 2. The summed E-state index contributed by atoms with van der Waals surface area (Å²) in [6.07, 6.45) is 3.51. The first-order valence-electron chi connectivity index (χ1n) is 11.0. The van der Waals surface area contributed by atoms with Gasteiger partial charge in [-0.15, -0.1) is 0 Å². The lowest BCUT2D eigenvalue weighted by Gasteiger charge is -2.29. The second kappa shape index (κ2) is 8.27. The summed E-state index contributed by atoms with van der Waals surface area (Å²) in [7, 11) is 1.93. The summed E-state index contributed by atoms with van der Waals surface area (Å²) < 4.78 is 15.3. The molecular formula is C25H27FN4O. The van der Waals surface area contributed by atoms with Crippen LogP contribution in [0.4, 0.5) is 4.39 Å². The Balaban J connectivity index is 1.31. The molecule has 2 aromatic carbocycles. The van der Waals surface area contributed by atoms with E-state index in [4.69, 9.17) is 0 Å². The van der Waals surface area contributed by atoms with Crippen LogP contribution in [0, 0.1) is 5.82 Å². The van der Waals surface area contributed by atoms with Gasteiger partial charge in [-0.25, -0.2) is 4.39 Å². The average Bonchev–Trinajstić information content (AvgIpc) is 3.12. The number of nitrogens with zero attached hydrogens (tertiary/aromatic N) is 3. The molecule has 0 fully saturated rings. The number of fused-ring (bicyclic) bond motifs is 2. The van der Waals surface area contributed by atoms with E-state index in [0.29, 0.717) is 18.8 Å². The van der Waals surface area contributed by atoms with E-state index in [9.17, 15) is 9.18 Å². The van der Waals surface area contributed by atoms with Crippen LogP contribution < -0.4 is 5.32 Å². The maximum Gasteiger partial charge on any atom is 0.274 e. The van der Waals surface area contributed by atoms with Gasteiger partial charge in [-0.3, -0.25) is 9.48 Å². The number of aryl methyl sites for hydroxylation is 1. The third kappa shape index (κ3) is 4.00. The molecule has 1 aliphatic heterocycles. The molecular weight excluding hydrogens is 391 g/mol. The zero-order chi connectivity index (χ0) is 21.4. The Morgan fingerprint density at radius 2 is 2.00 bits per heavy atom. The van der Waals surface area contributed by atoms with Crippen LogP contribution in [-0.4, -0.2) is 33.2 Å². The predicted octanol–water partition coefficient (Wildman–Crippen LogP) is 3.40. The van der Waals surface area contributed by atoms with E-state index in [1.807, 2.05) is 28.8 Å². The summed E-state index contributed by atoms with van der Waals surface area (Å²) in [6, 6.07) is 15.3. The van der Waals surface area contributed by atoms with Gasteiger partial charge in [0, 0.05) is 44.0 Å². The molecule has 0 radical (unpaired) electrons. The van der Waals surface area contributed by atoms with Crippen molar-refractivity contribution >= 4 is 5.91 Å². The molecule has 0 saturated carbocycles. The largest absolute Gasteiger partial charge is 0.333 e. The molecule has 1 atom stereocenters. The Labute approximate surface area is 181 Å². The number of hydrogen-bond acceptors (Lipinski definition) is 3. The minimum absolute atomic E-state index is 0.0251. The summed E-state index contributed by atoms with van der Waals surface area (Å²) in [5, 5.41) is 8.18. The van der Waals surface area contributed by atoms with Gasteiger partial charge >= 0.3 is 0 Å². The number of hydrogen-bond donors (Lipinski definition) is 1. The highest BCUT2D eigenvalue weighted by Gasteiger charge is 2.31. The van der Waals surface area contributed by atoms with Crippen molar-refractivity contribution in [1.82, 2.24) is 20.0 Å². The molecule has 3 aromatic rings. The van der Waals surface area contributed by atoms with Crippen LogP contribution in [0.1, 0.15) is 44.9 Å². The molecule has 0 bridgehead atoms. The Morgan fingerprint density at radius 1 is 1.16 bits per heavy atom. The fraction of sp³-hybridized carbons (Fsp3) is 0.360. The lowest BCUT2D eigenvalue weighted by Crippen LogP contribution is -2.38. The van der Waals surface area contributed by atoms with Crippen LogP contribution >= 0.6 is 0 Å². The summed E-state index contributed by atoms with van der Waals surface area (Å²) in [5.74, 6) is -0.189. The van der Waals surface area contributed by atoms with E-state index < -0.39 is 0 Å². The minimum atomic E-state index is -0.214. The van der Waals surface area contributed by atoms with E-state index >= 15 is 0 Å². The molecule has 2 aliphatic rings. The van der Waals surface area contributed by atoms with Crippen molar-refractivity contribution < 1.29 is 9.18 Å². The van der Waals surface area contributed by atoms with Crippen molar-refractivity contribution in [3.8, 4) is 0 Å². The van der Waals surface area contributed by atoms with E-state index in [0.717, 1.165) is 49.0 Å². The predicted molar refractivity (Wildman–Crippen MR) is 117 cm³/mol. The molecule has 1 N–H and O–H groups in total. The fourth-order valence-electron chi connectivity index (χ4n) is 4.86. The lowest BCUT2D eigenvalue weighted by molar-refractivity contribution is 0.0726. The number of halogens is 1. The minimum Gasteiger partial charge on any atom is -0.333 e. The first-order chi connectivity index (χ1) is 15.1. The maximum absolute atomic E-state index is 13.5. The Morgan fingerprint density at radius 3 is 2.84 bits per heavy atom. The van der Waals surface area contributed by atoms with Crippen LogP contribution in [0.15, 0.2) is 48.5 Å². The van der Waals surface area contributed by atoms with Gasteiger partial charge in [-0.1, -0.05) is 36.4 Å². The van der Waals surface area contributed by atoms with Crippen LogP contribution in [0.3, 0.4) is 0 Å². The zero-order valence-electron chi connectivity index (χ0n) is 17.8. The van der Waals surface area contributed by atoms with Gasteiger partial charge in [0.1, 0.15) is 5.82 Å². The van der Waals surface area contributed by atoms with Gasteiger partial charge in [-0.05, 0) is 54.5 Å². The highest BCUT2D eigenvalue weighted by Crippen LogP contribution is 2.27. The summed E-state index contributed by atoms with van der Waals surface area (Å²) in [6.45, 7) is 1.98. The topological polar surface area (TPSA) is 50.2 Å². The highest BCUT2D eigenvalue weighted by molar-refractivity contribution is 5.94. The number of amides is 1. The van der Waals surface area contributed by atoms with Crippen LogP contribution in [-0.2, 0) is 39.4 Å². The Hall–Kier alpha value is -2.99. The van der Waals surface area contributed by atoms with Gasteiger partial charge in [-0.2, -0.15) is 5.10 Å². The molecule has 5 rings (SSSR count). The first-order valence-corrected chi connectivity index (χ1v) is 11.0. The van der Waals surface area contributed by atoms with E-state index in [1.54, 1.807) is 12.1 Å². The molecule has 1 unspecified atom stereocenters. The molecule has 160 valence electrons. The van der Waals surface area contributed by atoms with Crippen molar-refractivity contribution in [3.05, 3.63) is 88.0 Å². The third-order valence-corrected chi connectivity index (χ3v) is 6.56. The standard InChI is InChI=1S/C25H27FN4O/c1-29-23-10-9-21(27-15-17-5-4-8-20(26)13-17)14-22(23)24(28-29)25(31)30-12-11-18-6-2-3-7-19(18)16-30/h2-8,13,21,27H,9-12,14-16H2,1H3. The van der Waals surface area contributed by atoms with Gasteiger partial charge in [0.05, 0.1) is 0 Å². The molecule has 0 saturated heterocycles. The monoisotopic (exact) mass is 418 g/mol. The highest BCUT2D eigenvalue weighted by atomic mass is 19.1. The van der Waals surface area contributed by atoms with Crippen molar-refractivity contribution in [2.45, 2.75) is 44.8 Å². The molecule has 1 aliphatic carbocycles. The second-order valence-corrected chi connectivity index (χ2v) is 8.59. The SMILES string of the molecule is Cn1nc(C(=O)N2CCc3ccccc3C2)c2c1CCC(NCc1cccc(F)c1)C2. The van der Waals surface area contributed by atoms with E-state index in [1.165, 1.54) is 17.2 Å². The smallest absolute Gasteiger partial charge is 0.274 e. The van der Waals surface area contributed by atoms with Crippen molar-refractivity contribution in [3.63, 3.8) is 0 Å². The summed E-state index contributed by atoms with van der Waals surface area (Å²) in [5.41, 5.74) is 6.30. The number of carbonyl (C=O) groups excluding carboxylic acids is 1. The van der Waals surface area contributed by atoms with Crippen LogP contribution in [0.5, 0.6) is 0 Å². The van der Waals surface area contributed by atoms with Crippen molar-refractivity contribution in [2.24, 2.45) is 7.05 Å². The number of rotatable bonds is 4. The molecule has 1 amide bonds. The van der Waals surface area contributed by atoms with Gasteiger partial charge in [0.2, 0.25) is 0 Å². The van der Waals surface area contributed by atoms with Gasteiger partial charge in [0.15, 0.2) is 5.69 Å². The average molecular weight is 419 g/mol. The first kappa shape index (κ1) is 19.9. The molecule has 5 nitrogen and oxygen atoms in total. The molecule has 0 spiro atoms. The maximum atomic E-state index is 13.5. The summed E-state index contributed by atoms with van der Waals surface area (Å²) >= 11 is 0. The Kier molecular flexibility index (Phi) is 5.32. The molecule has 1 aromatic heterocycles. The lowest BCUT2D eigenvalue weighted by atomic mass is 9.90. The molecule has 2 heterocycles. The van der Waals surface area contributed by atoms with E-state index in [-0.39, 0.29) is 17.8 Å². The summed E-state index contributed by atoms with van der Waals surface area (Å²) in [4.78, 5) is 15.3. The van der Waals surface area contributed by atoms with Gasteiger partial charge < -0.3 is 10.2 Å².